The number of benzene rings is 1. The van der Waals surface area contributed by atoms with Gasteiger partial charge < -0.3 is 20.1 Å². The number of hydrogen-bond donors (Lipinski definition) is 3. The molecule has 2 unspecified atom stereocenters. The fourth-order valence-electron chi connectivity index (χ4n) is 3.72. The molecule has 1 aliphatic carbocycles. The summed E-state index contributed by atoms with van der Waals surface area (Å²) >= 11 is 0. The van der Waals surface area contributed by atoms with Crippen molar-refractivity contribution in [2.75, 3.05) is 13.2 Å². The molecule has 0 radical (unpaired) electrons. The molecule has 2 rings (SSSR count). The quantitative estimate of drug-likeness (QED) is 0.486. The lowest BCUT2D eigenvalue weighted by Gasteiger charge is -2.29. The van der Waals surface area contributed by atoms with Crippen LogP contribution < -0.4 is 20.7 Å². The molecule has 1 saturated carbocycles. The van der Waals surface area contributed by atoms with Gasteiger partial charge in [-0.3, -0.25) is 14.9 Å². The molecule has 1 aliphatic rings. The molecule has 4 amide bonds. The van der Waals surface area contributed by atoms with E-state index in [-0.39, 0.29) is 12.0 Å². The van der Waals surface area contributed by atoms with Crippen molar-refractivity contribution in [3.63, 3.8) is 0 Å². The Kier molecular flexibility index (Phi) is 10.2. The topological polar surface area (TPSA) is 123 Å². The maximum absolute atomic E-state index is 12.5. The summed E-state index contributed by atoms with van der Waals surface area (Å²) in [7, 11) is 0. The summed E-state index contributed by atoms with van der Waals surface area (Å²) in [5, 5.41) is 7.64. The molecule has 0 bridgehead atoms. The first-order valence-electron chi connectivity index (χ1n) is 11.5. The van der Waals surface area contributed by atoms with E-state index in [1.165, 1.54) is 0 Å². The fraction of sp³-hybridized carbons (Fsp3) is 0.583. The van der Waals surface area contributed by atoms with Gasteiger partial charge in [0.2, 0.25) is 0 Å². The van der Waals surface area contributed by atoms with Crippen LogP contribution in [0.4, 0.5) is 4.79 Å². The SMILES string of the molecule is CCOc1ccc(C(=O)N[C@H](C(=O)OCC(=O)NC(=O)NC2CCCCC2C)C(C)C)cc1. The van der Waals surface area contributed by atoms with Crippen molar-refractivity contribution in [2.45, 2.75) is 65.5 Å². The van der Waals surface area contributed by atoms with Crippen LogP contribution in [0.3, 0.4) is 0 Å². The molecule has 9 nitrogen and oxygen atoms in total. The maximum atomic E-state index is 12.5. The number of amides is 4. The van der Waals surface area contributed by atoms with Crippen molar-refractivity contribution in [2.24, 2.45) is 11.8 Å². The van der Waals surface area contributed by atoms with Gasteiger partial charge in [-0.2, -0.15) is 0 Å². The second kappa shape index (κ2) is 12.8. The van der Waals surface area contributed by atoms with E-state index in [1.54, 1.807) is 38.1 Å². The van der Waals surface area contributed by atoms with Gasteiger partial charge in [-0.15, -0.1) is 0 Å². The van der Waals surface area contributed by atoms with E-state index in [4.69, 9.17) is 9.47 Å². The second-order valence-electron chi connectivity index (χ2n) is 8.65. The Bertz CT molecular complexity index is 824. The third-order valence-electron chi connectivity index (χ3n) is 5.66. The predicted octanol–water partition coefficient (Wildman–Crippen LogP) is 2.79. The Hall–Kier alpha value is -3.10. The van der Waals surface area contributed by atoms with Crippen molar-refractivity contribution in [3.05, 3.63) is 29.8 Å². The molecule has 0 aromatic heterocycles. The Labute approximate surface area is 195 Å². The third-order valence-corrected chi connectivity index (χ3v) is 5.66. The lowest BCUT2D eigenvalue weighted by molar-refractivity contribution is -0.151. The van der Waals surface area contributed by atoms with Crippen molar-refractivity contribution in [1.82, 2.24) is 16.0 Å². The first-order chi connectivity index (χ1) is 15.7. The van der Waals surface area contributed by atoms with E-state index in [2.05, 4.69) is 22.9 Å². The van der Waals surface area contributed by atoms with Crippen molar-refractivity contribution in [1.29, 1.82) is 0 Å². The second-order valence-corrected chi connectivity index (χ2v) is 8.65. The summed E-state index contributed by atoms with van der Waals surface area (Å²) in [5.74, 6) is -1.21. The van der Waals surface area contributed by atoms with Crippen molar-refractivity contribution >= 4 is 23.8 Å². The zero-order chi connectivity index (χ0) is 24.4. The number of imide groups is 1. The van der Waals surface area contributed by atoms with Crippen molar-refractivity contribution in [3.8, 4) is 5.75 Å². The van der Waals surface area contributed by atoms with Gasteiger partial charge in [0.1, 0.15) is 11.8 Å². The summed E-state index contributed by atoms with van der Waals surface area (Å²) in [6.07, 6.45) is 4.10. The van der Waals surface area contributed by atoms with E-state index in [1.807, 2.05) is 6.92 Å². The standard InChI is InChI=1S/C24H35N3O6/c1-5-32-18-12-10-17(11-13-18)22(29)27-21(15(2)3)23(30)33-14-20(28)26-24(31)25-19-9-7-6-8-16(19)4/h10-13,15-16,19,21H,5-9,14H2,1-4H3,(H,27,29)(H2,25,26,28,31)/t16?,19?,21-/m0/s1. The minimum atomic E-state index is -0.950. The number of esters is 1. The van der Waals surface area contributed by atoms with Gasteiger partial charge in [0.25, 0.3) is 11.8 Å². The maximum Gasteiger partial charge on any atom is 0.329 e. The normalized spacial score (nSPS) is 18.7. The van der Waals surface area contributed by atoms with Crippen LogP contribution in [0.2, 0.25) is 0 Å². The van der Waals surface area contributed by atoms with Crippen LogP contribution in [-0.4, -0.2) is 49.1 Å². The Morgan fingerprint density at radius 1 is 1.06 bits per heavy atom. The summed E-state index contributed by atoms with van der Waals surface area (Å²) in [5.41, 5.74) is 0.364. The van der Waals surface area contributed by atoms with Crippen molar-refractivity contribution < 1.29 is 28.7 Å². The van der Waals surface area contributed by atoms with Gasteiger partial charge in [0.15, 0.2) is 6.61 Å². The van der Waals surface area contributed by atoms with Gasteiger partial charge in [0, 0.05) is 11.6 Å². The molecule has 1 aromatic carbocycles. The average molecular weight is 462 g/mol. The largest absolute Gasteiger partial charge is 0.494 e. The van der Waals surface area contributed by atoms with Gasteiger partial charge in [-0.1, -0.05) is 33.6 Å². The number of nitrogens with one attached hydrogen (secondary N) is 3. The minimum Gasteiger partial charge on any atom is -0.494 e. The number of rotatable bonds is 9. The highest BCUT2D eigenvalue weighted by Crippen LogP contribution is 2.23. The minimum absolute atomic E-state index is 0.0252. The monoisotopic (exact) mass is 461 g/mol. The van der Waals surface area contributed by atoms with Gasteiger partial charge in [-0.05, 0) is 55.9 Å². The van der Waals surface area contributed by atoms with E-state index >= 15 is 0 Å². The highest BCUT2D eigenvalue weighted by atomic mass is 16.5. The Morgan fingerprint density at radius 2 is 1.73 bits per heavy atom. The highest BCUT2D eigenvalue weighted by Gasteiger charge is 2.27. The van der Waals surface area contributed by atoms with Crippen LogP contribution in [-0.2, 0) is 14.3 Å². The summed E-state index contributed by atoms with van der Waals surface area (Å²) in [4.78, 5) is 49.2. The molecule has 0 spiro atoms. The Morgan fingerprint density at radius 3 is 2.33 bits per heavy atom. The highest BCUT2D eigenvalue weighted by molar-refractivity contribution is 5.98. The summed E-state index contributed by atoms with van der Waals surface area (Å²) in [6, 6.07) is 5.02. The molecule has 3 N–H and O–H groups in total. The van der Waals surface area contributed by atoms with Gasteiger partial charge in [0.05, 0.1) is 6.61 Å². The molecule has 1 fully saturated rings. The third kappa shape index (κ3) is 8.40. The zero-order valence-corrected chi connectivity index (χ0v) is 19.8. The van der Waals surface area contributed by atoms with E-state index in [0.29, 0.717) is 23.8 Å². The Balaban J connectivity index is 1.83. The molecule has 1 aromatic rings. The molecule has 3 atom stereocenters. The molecular weight excluding hydrogens is 426 g/mol. The molecule has 9 heteroatoms. The summed E-state index contributed by atoms with van der Waals surface area (Å²) < 4.78 is 10.4. The smallest absolute Gasteiger partial charge is 0.329 e. The zero-order valence-electron chi connectivity index (χ0n) is 19.8. The number of hydrogen-bond acceptors (Lipinski definition) is 6. The predicted molar refractivity (Wildman–Crippen MR) is 123 cm³/mol. The van der Waals surface area contributed by atoms with E-state index in [0.717, 1.165) is 25.7 Å². The molecule has 0 aliphatic heterocycles. The number of ether oxygens (including phenoxy) is 2. The van der Waals surface area contributed by atoms with Crippen LogP contribution >= 0.6 is 0 Å². The first-order valence-corrected chi connectivity index (χ1v) is 11.5. The summed E-state index contributed by atoms with van der Waals surface area (Å²) in [6.45, 7) is 7.34. The lowest BCUT2D eigenvalue weighted by atomic mass is 9.86. The van der Waals surface area contributed by atoms with Crippen LogP contribution in [0, 0.1) is 11.8 Å². The van der Waals surface area contributed by atoms with Gasteiger partial charge in [-0.25, -0.2) is 9.59 Å². The molecule has 0 saturated heterocycles. The van der Waals surface area contributed by atoms with Crippen LogP contribution in [0.15, 0.2) is 24.3 Å². The molecule has 0 heterocycles. The number of carbonyl (C=O) groups is 4. The number of urea groups is 1. The van der Waals surface area contributed by atoms with E-state index in [9.17, 15) is 19.2 Å². The molecule has 182 valence electrons. The van der Waals surface area contributed by atoms with E-state index < -0.39 is 36.5 Å². The lowest BCUT2D eigenvalue weighted by Crippen LogP contribution is -2.49. The molecule has 33 heavy (non-hydrogen) atoms. The van der Waals surface area contributed by atoms with Crippen LogP contribution in [0.25, 0.3) is 0 Å². The average Bonchev–Trinajstić information content (AvgIpc) is 2.77. The van der Waals surface area contributed by atoms with Crippen LogP contribution in [0.5, 0.6) is 5.75 Å². The van der Waals surface area contributed by atoms with Crippen LogP contribution in [0.1, 0.15) is 63.7 Å². The number of carbonyl (C=O) groups excluding carboxylic acids is 4. The molecular formula is C24H35N3O6. The fourth-order valence-corrected chi connectivity index (χ4v) is 3.72. The first kappa shape index (κ1) is 26.2. The van der Waals surface area contributed by atoms with Gasteiger partial charge >= 0.3 is 12.0 Å².